The summed E-state index contributed by atoms with van der Waals surface area (Å²) in [7, 11) is 0. The SMILES string of the molecule is OCc1cc(C=CC2CCCCC2)c(F)cn1. The van der Waals surface area contributed by atoms with Crippen molar-refractivity contribution in [3.8, 4) is 0 Å². The molecule has 0 atom stereocenters. The third-order valence-electron chi connectivity index (χ3n) is 3.30. The van der Waals surface area contributed by atoms with E-state index in [1.54, 1.807) is 6.07 Å². The van der Waals surface area contributed by atoms with Crippen molar-refractivity contribution in [1.82, 2.24) is 4.98 Å². The van der Waals surface area contributed by atoms with Crippen LogP contribution in [0.25, 0.3) is 6.08 Å². The van der Waals surface area contributed by atoms with Crippen molar-refractivity contribution >= 4 is 6.08 Å². The predicted molar refractivity (Wildman–Crippen MR) is 65.7 cm³/mol. The van der Waals surface area contributed by atoms with E-state index in [0.29, 0.717) is 17.2 Å². The van der Waals surface area contributed by atoms with Crippen molar-refractivity contribution in [3.05, 3.63) is 35.4 Å². The molecule has 1 aliphatic carbocycles. The van der Waals surface area contributed by atoms with Gasteiger partial charge in [0.2, 0.25) is 0 Å². The predicted octanol–water partition coefficient (Wildman–Crippen LogP) is 3.31. The first kappa shape index (κ1) is 12.2. The summed E-state index contributed by atoms with van der Waals surface area (Å²) in [4.78, 5) is 3.79. The first-order valence-electron chi connectivity index (χ1n) is 6.23. The van der Waals surface area contributed by atoms with Crippen LogP contribution in [0.2, 0.25) is 0 Å². The summed E-state index contributed by atoms with van der Waals surface area (Å²) in [6.45, 7) is -0.148. The lowest BCUT2D eigenvalue weighted by molar-refractivity contribution is 0.276. The van der Waals surface area contributed by atoms with Crippen LogP contribution in [0.15, 0.2) is 18.3 Å². The molecule has 0 amide bonds. The maximum Gasteiger partial charge on any atom is 0.148 e. The van der Waals surface area contributed by atoms with E-state index in [9.17, 15) is 4.39 Å². The summed E-state index contributed by atoms with van der Waals surface area (Å²) < 4.78 is 13.5. The number of rotatable bonds is 3. The molecule has 1 N–H and O–H groups in total. The zero-order valence-corrected chi connectivity index (χ0v) is 9.90. The van der Waals surface area contributed by atoms with Gasteiger partial charge in [-0.05, 0) is 24.8 Å². The Labute approximate surface area is 101 Å². The second kappa shape index (κ2) is 5.92. The average Bonchev–Trinajstić information content (AvgIpc) is 2.39. The molecule has 0 spiro atoms. The molecular weight excluding hydrogens is 217 g/mol. The lowest BCUT2D eigenvalue weighted by Gasteiger charge is -2.17. The van der Waals surface area contributed by atoms with Crippen molar-refractivity contribution in [2.24, 2.45) is 5.92 Å². The number of aromatic nitrogens is 1. The number of nitrogens with zero attached hydrogens (tertiary/aromatic N) is 1. The van der Waals surface area contributed by atoms with Crippen LogP contribution in [0, 0.1) is 11.7 Å². The summed E-state index contributed by atoms with van der Waals surface area (Å²) >= 11 is 0. The van der Waals surface area contributed by atoms with Crippen LogP contribution in [-0.2, 0) is 6.61 Å². The van der Waals surface area contributed by atoms with E-state index in [1.807, 2.05) is 6.08 Å². The molecule has 3 heteroatoms. The van der Waals surface area contributed by atoms with Gasteiger partial charge in [-0.25, -0.2) is 4.39 Å². The highest BCUT2D eigenvalue weighted by Gasteiger charge is 2.10. The topological polar surface area (TPSA) is 33.1 Å². The first-order valence-corrected chi connectivity index (χ1v) is 6.23. The van der Waals surface area contributed by atoms with Crippen LogP contribution in [0.1, 0.15) is 43.4 Å². The van der Waals surface area contributed by atoms with Crippen LogP contribution in [0.5, 0.6) is 0 Å². The summed E-state index contributed by atoms with van der Waals surface area (Å²) in [6.07, 6.45) is 11.4. The summed E-state index contributed by atoms with van der Waals surface area (Å²) in [5.74, 6) is 0.253. The Kier molecular flexibility index (Phi) is 4.26. The summed E-state index contributed by atoms with van der Waals surface area (Å²) in [5, 5.41) is 8.96. The molecule has 1 aromatic heterocycles. The Morgan fingerprint density at radius 1 is 1.35 bits per heavy atom. The van der Waals surface area contributed by atoms with Gasteiger partial charge in [-0.2, -0.15) is 0 Å². The first-order chi connectivity index (χ1) is 8.29. The van der Waals surface area contributed by atoms with Crippen LogP contribution in [0.3, 0.4) is 0 Å². The average molecular weight is 235 g/mol. The Balaban J connectivity index is 2.08. The summed E-state index contributed by atoms with van der Waals surface area (Å²) in [5.41, 5.74) is 1.03. The Morgan fingerprint density at radius 3 is 2.82 bits per heavy atom. The highest BCUT2D eigenvalue weighted by molar-refractivity contribution is 5.50. The minimum absolute atomic E-state index is 0.148. The number of aliphatic hydroxyl groups excluding tert-OH is 1. The molecule has 1 saturated carbocycles. The lowest BCUT2D eigenvalue weighted by atomic mass is 9.89. The lowest BCUT2D eigenvalue weighted by Crippen LogP contribution is -2.02. The van der Waals surface area contributed by atoms with Crippen molar-refractivity contribution < 1.29 is 9.50 Å². The number of hydrogen-bond donors (Lipinski definition) is 1. The van der Waals surface area contributed by atoms with Gasteiger partial charge in [0.1, 0.15) is 5.82 Å². The molecule has 2 nitrogen and oxygen atoms in total. The Hall–Kier alpha value is -1.22. The fourth-order valence-corrected chi connectivity index (χ4v) is 2.28. The van der Waals surface area contributed by atoms with E-state index in [1.165, 1.54) is 38.3 Å². The van der Waals surface area contributed by atoms with Gasteiger partial charge >= 0.3 is 0 Å². The Bertz CT molecular complexity index is 397. The fraction of sp³-hybridized carbons (Fsp3) is 0.500. The molecule has 0 aromatic carbocycles. The maximum absolute atomic E-state index is 13.5. The fourth-order valence-electron chi connectivity index (χ4n) is 2.28. The van der Waals surface area contributed by atoms with Crippen LogP contribution < -0.4 is 0 Å². The Morgan fingerprint density at radius 2 is 2.12 bits per heavy atom. The molecule has 2 rings (SSSR count). The van der Waals surface area contributed by atoms with Gasteiger partial charge in [0, 0.05) is 5.56 Å². The van der Waals surface area contributed by atoms with Crippen LogP contribution >= 0.6 is 0 Å². The van der Waals surface area contributed by atoms with Crippen molar-refractivity contribution in [3.63, 3.8) is 0 Å². The third kappa shape index (κ3) is 3.37. The van der Waals surface area contributed by atoms with Crippen LogP contribution in [-0.4, -0.2) is 10.1 Å². The van der Waals surface area contributed by atoms with Crippen molar-refractivity contribution in [1.29, 1.82) is 0 Å². The molecule has 0 aliphatic heterocycles. The number of hydrogen-bond acceptors (Lipinski definition) is 2. The molecule has 0 radical (unpaired) electrons. The highest BCUT2D eigenvalue weighted by atomic mass is 19.1. The zero-order valence-electron chi connectivity index (χ0n) is 9.90. The largest absolute Gasteiger partial charge is 0.390 e. The molecule has 1 aliphatic rings. The smallest absolute Gasteiger partial charge is 0.148 e. The van der Waals surface area contributed by atoms with Crippen LogP contribution in [0.4, 0.5) is 4.39 Å². The molecule has 17 heavy (non-hydrogen) atoms. The van der Waals surface area contributed by atoms with Gasteiger partial charge in [0.05, 0.1) is 18.5 Å². The van der Waals surface area contributed by atoms with Gasteiger partial charge in [-0.15, -0.1) is 0 Å². The number of aliphatic hydroxyl groups is 1. The number of halogens is 1. The van der Waals surface area contributed by atoms with E-state index in [-0.39, 0.29) is 12.4 Å². The van der Waals surface area contributed by atoms with Gasteiger partial charge in [0.15, 0.2) is 0 Å². The van der Waals surface area contributed by atoms with E-state index in [2.05, 4.69) is 11.1 Å². The third-order valence-corrected chi connectivity index (χ3v) is 3.30. The molecule has 0 unspecified atom stereocenters. The van der Waals surface area contributed by atoms with Gasteiger partial charge in [0.25, 0.3) is 0 Å². The van der Waals surface area contributed by atoms with E-state index < -0.39 is 0 Å². The van der Waals surface area contributed by atoms with Gasteiger partial charge in [-0.1, -0.05) is 31.4 Å². The quantitative estimate of drug-likeness (QED) is 0.872. The van der Waals surface area contributed by atoms with E-state index in [4.69, 9.17) is 5.11 Å². The molecule has 0 bridgehead atoms. The molecule has 1 heterocycles. The molecule has 0 saturated heterocycles. The molecular formula is C14H18FNO. The van der Waals surface area contributed by atoms with Gasteiger partial charge < -0.3 is 5.11 Å². The standard InChI is InChI=1S/C14H18FNO/c15-14-9-16-13(10-17)8-12(14)7-6-11-4-2-1-3-5-11/h6-9,11,17H,1-5,10H2. The summed E-state index contributed by atoms with van der Waals surface area (Å²) in [6, 6.07) is 1.61. The number of allylic oxidation sites excluding steroid dienone is 1. The zero-order chi connectivity index (χ0) is 12.1. The highest BCUT2D eigenvalue weighted by Crippen LogP contribution is 2.25. The molecule has 92 valence electrons. The second-order valence-electron chi connectivity index (χ2n) is 4.61. The monoisotopic (exact) mass is 235 g/mol. The minimum atomic E-state index is -0.325. The second-order valence-corrected chi connectivity index (χ2v) is 4.61. The maximum atomic E-state index is 13.5. The number of pyridine rings is 1. The van der Waals surface area contributed by atoms with Crippen molar-refractivity contribution in [2.45, 2.75) is 38.7 Å². The van der Waals surface area contributed by atoms with Gasteiger partial charge in [-0.3, -0.25) is 4.98 Å². The molecule has 1 aromatic rings. The minimum Gasteiger partial charge on any atom is -0.390 e. The van der Waals surface area contributed by atoms with E-state index in [0.717, 1.165) is 0 Å². The van der Waals surface area contributed by atoms with E-state index >= 15 is 0 Å². The molecule has 1 fully saturated rings. The van der Waals surface area contributed by atoms with Crippen molar-refractivity contribution in [2.75, 3.05) is 0 Å². The normalized spacial score (nSPS) is 17.8.